The van der Waals surface area contributed by atoms with Crippen LogP contribution in [0, 0.1) is 6.92 Å². The van der Waals surface area contributed by atoms with Gasteiger partial charge in [-0.05, 0) is 24.6 Å². The van der Waals surface area contributed by atoms with E-state index in [1.54, 1.807) is 12.1 Å². The lowest BCUT2D eigenvalue weighted by Gasteiger charge is -2.09. The maximum atomic E-state index is 11.6. The summed E-state index contributed by atoms with van der Waals surface area (Å²) in [5.41, 5.74) is 0.862. The quantitative estimate of drug-likeness (QED) is 0.788. The van der Waals surface area contributed by atoms with Gasteiger partial charge in [0.05, 0.1) is 12.8 Å². The fraction of sp³-hybridized carbons (Fsp3) is 0.154. The normalized spacial score (nSPS) is 10.3. The molecule has 0 aliphatic carbocycles. The van der Waals surface area contributed by atoms with Crippen molar-refractivity contribution in [2.24, 2.45) is 0 Å². The van der Waals surface area contributed by atoms with E-state index in [0.717, 1.165) is 5.56 Å². The van der Waals surface area contributed by atoms with E-state index >= 15 is 0 Å². The van der Waals surface area contributed by atoms with E-state index in [-0.39, 0.29) is 5.69 Å². The molecule has 0 N–H and O–H groups in total. The Morgan fingerprint density at radius 3 is 2.79 bits per heavy atom. The average Bonchev–Trinajstić information content (AvgIpc) is 2.41. The van der Waals surface area contributed by atoms with Gasteiger partial charge in [-0.15, -0.1) is 0 Å². The summed E-state index contributed by atoms with van der Waals surface area (Å²) in [6, 6.07) is 6.55. The first-order valence-electron chi connectivity index (χ1n) is 5.48. The number of nitrogens with zero attached hydrogens (tertiary/aromatic N) is 2. The van der Waals surface area contributed by atoms with Crippen LogP contribution < -0.4 is 5.43 Å². The van der Waals surface area contributed by atoms with Crippen molar-refractivity contribution < 1.29 is 9.53 Å². The van der Waals surface area contributed by atoms with Gasteiger partial charge in [0.1, 0.15) is 0 Å². The molecule has 0 saturated heterocycles. The van der Waals surface area contributed by atoms with Crippen molar-refractivity contribution in [3.8, 4) is 5.69 Å². The maximum Gasteiger partial charge on any atom is 0.362 e. The minimum absolute atomic E-state index is 0.260. The van der Waals surface area contributed by atoms with Gasteiger partial charge in [-0.2, -0.15) is 5.10 Å². The highest BCUT2D eigenvalue weighted by atomic mass is 35.5. The number of ether oxygens (including phenoxy) is 1. The van der Waals surface area contributed by atoms with Gasteiger partial charge in [0.25, 0.3) is 0 Å². The minimum atomic E-state index is -0.765. The van der Waals surface area contributed by atoms with Crippen molar-refractivity contribution in [3.05, 3.63) is 57.0 Å². The van der Waals surface area contributed by atoms with Crippen LogP contribution in [0.5, 0.6) is 0 Å². The first-order chi connectivity index (χ1) is 9.02. The second-order valence-corrected chi connectivity index (χ2v) is 4.33. The molecule has 1 aromatic carbocycles. The number of hydrogen-bond donors (Lipinski definition) is 0. The molecule has 0 fully saturated rings. The third-order valence-corrected chi connectivity index (χ3v) is 2.84. The summed E-state index contributed by atoms with van der Waals surface area (Å²) in [6.07, 6.45) is 1.48. The number of benzene rings is 1. The van der Waals surface area contributed by atoms with Crippen molar-refractivity contribution in [2.75, 3.05) is 7.11 Å². The molecular formula is C13H11ClN2O3. The second kappa shape index (κ2) is 5.24. The molecule has 0 aliphatic heterocycles. The van der Waals surface area contributed by atoms with Crippen LogP contribution in [0.1, 0.15) is 16.1 Å². The summed E-state index contributed by atoms with van der Waals surface area (Å²) in [4.78, 5) is 23.0. The van der Waals surface area contributed by atoms with Gasteiger partial charge in [0.2, 0.25) is 11.1 Å². The molecule has 0 unspecified atom stereocenters. The summed E-state index contributed by atoms with van der Waals surface area (Å²) < 4.78 is 5.95. The van der Waals surface area contributed by atoms with E-state index in [1.165, 1.54) is 24.1 Å². The summed E-state index contributed by atoms with van der Waals surface area (Å²) in [5.74, 6) is -0.765. The van der Waals surface area contributed by atoms with E-state index in [2.05, 4.69) is 9.84 Å². The molecule has 5 nitrogen and oxygen atoms in total. The lowest BCUT2D eigenvalue weighted by molar-refractivity contribution is 0.0590. The lowest BCUT2D eigenvalue weighted by Crippen LogP contribution is -2.21. The Morgan fingerprint density at radius 2 is 2.11 bits per heavy atom. The van der Waals surface area contributed by atoms with E-state index in [9.17, 15) is 9.59 Å². The Hall–Kier alpha value is -2.14. The summed E-state index contributed by atoms with van der Waals surface area (Å²) in [7, 11) is 1.20. The van der Waals surface area contributed by atoms with Crippen LogP contribution in [0.2, 0.25) is 5.02 Å². The van der Waals surface area contributed by atoms with E-state index in [1.807, 2.05) is 13.0 Å². The van der Waals surface area contributed by atoms with Gasteiger partial charge < -0.3 is 4.74 Å². The Morgan fingerprint density at radius 1 is 1.37 bits per heavy atom. The number of esters is 1. The van der Waals surface area contributed by atoms with Crippen LogP contribution in [0.15, 0.2) is 35.3 Å². The molecule has 1 aromatic heterocycles. The van der Waals surface area contributed by atoms with Gasteiger partial charge in [-0.25, -0.2) is 9.48 Å². The zero-order valence-electron chi connectivity index (χ0n) is 10.4. The number of aryl methyl sites for hydroxylation is 1. The van der Waals surface area contributed by atoms with Crippen LogP contribution in [-0.4, -0.2) is 22.9 Å². The molecule has 0 bridgehead atoms. The Balaban J connectivity index is 2.61. The van der Waals surface area contributed by atoms with Crippen molar-refractivity contribution in [3.63, 3.8) is 0 Å². The minimum Gasteiger partial charge on any atom is -0.464 e. The average molecular weight is 279 g/mol. The van der Waals surface area contributed by atoms with Crippen LogP contribution in [0.25, 0.3) is 5.69 Å². The Bertz CT molecular complexity index is 695. The van der Waals surface area contributed by atoms with E-state index < -0.39 is 11.4 Å². The number of rotatable bonds is 2. The summed E-state index contributed by atoms with van der Waals surface area (Å²) in [6.45, 7) is 1.88. The van der Waals surface area contributed by atoms with Crippen LogP contribution in [-0.2, 0) is 4.74 Å². The zero-order valence-corrected chi connectivity index (χ0v) is 11.1. The Kier molecular flexibility index (Phi) is 3.66. The van der Waals surface area contributed by atoms with Crippen LogP contribution in [0.3, 0.4) is 0 Å². The van der Waals surface area contributed by atoms with Crippen molar-refractivity contribution in [2.45, 2.75) is 6.92 Å². The summed E-state index contributed by atoms with van der Waals surface area (Å²) in [5, 5.41) is 4.53. The van der Waals surface area contributed by atoms with Crippen LogP contribution >= 0.6 is 11.6 Å². The third kappa shape index (κ3) is 2.66. The van der Waals surface area contributed by atoms with Gasteiger partial charge in [-0.1, -0.05) is 17.7 Å². The predicted molar refractivity (Wildman–Crippen MR) is 70.9 cm³/mol. The standard InChI is InChI=1S/C13H11ClN2O3/c1-8-3-4-9(14)7-10(8)16-6-5-11(17)12(15-16)13(18)19-2/h3-7H,1-2H3. The highest BCUT2D eigenvalue weighted by molar-refractivity contribution is 6.30. The number of methoxy groups -OCH3 is 1. The molecule has 0 saturated carbocycles. The molecular weight excluding hydrogens is 268 g/mol. The predicted octanol–water partition coefficient (Wildman–Crippen LogP) is 1.98. The van der Waals surface area contributed by atoms with E-state index in [4.69, 9.17) is 11.6 Å². The molecule has 2 rings (SSSR count). The SMILES string of the molecule is COC(=O)c1nn(-c2cc(Cl)ccc2C)ccc1=O. The van der Waals surface area contributed by atoms with E-state index in [0.29, 0.717) is 10.7 Å². The van der Waals surface area contributed by atoms with Gasteiger partial charge in [-0.3, -0.25) is 4.79 Å². The Labute approximate surface area is 114 Å². The number of carbonyl (C=O) groups is 1. The molecule has 6 heteroatoms. The molecule has 2 aromatic rings. The molecule has 1 heterocycles. The second-order valence-electron chi connectivity index (χ2n) is 3.90. The number of aromatic nitrogens is 2. The molecule has 0 spiro atoms. The highest BCUT2D eigenvalue weighted by Crippen LogP contribution is 2.18. The number of halogens is 1. The van der Waals surface area contributed by atoms with Crippen molar-refractivity contribution >= 4 is 17.6 Å². The van der Waals surface area contributed by atoms with Gasteiger partial charge in [0, 0.05) is 17.3 Å². The molecule has 98 valence electrons. The molecule has 0 atom stereocenters. The topological polar surface area (TPSA) is 61.2 Å². The largest absolute Gasteiger partial charge is 0.464 e. The van der Waals surface area contributed by atoms with Gasteiger partial charge >= 0.3 is 5.97 Å². The van der Waals surface area contributed by atoms with Crippen LogP contribution in [0.4, 0.5) is 0 Å². The molecule has 0 amide bonds. The summed E-state index contributed by atoms with van der Waals surface area (Å²) >= 11 is 5.93. The molecule has 0 radical (unpaired) electrons. The first kappa shape index (κ1) is 13.3. The fourth-order valence-electron chi connectivity index (χ4n) is 1.61. The first-order valence-corrected chi connectivity index (χ1v) is 5.85. The van der Waals surface area contributed by atoms with Gasteiger partial charge in [0.15, 0.2) is 0 Å². The lowest BCUT2D eigenvalue weighted by atomic mass is 10.2. The molecule has 19 heavy (non-hydrogen) atoms. The highest BCUT2D eigenvalue weighted by Gasteiger charge is 2.14. The van der Waals surface area contributed by atoms with Crippen molar-refractivity contribution in [1.29, 1.82) is 0 Å². The maximum absolute atomic E-state index is 11.6. The molecule has 0 aliphatic rings. The number of hydrogen-bond acceptors (Lipinski definition) is 4. The monoisotopic (exact) mass is 278 g/mol. The zero-order chi connectivity index (χ0) is 14.0. The smallest absolute Gasteiger partial charge is 0.362 e. The fourth-order valence-corrected chi connectivity index (χ4v) is 1.78. The third-order valence-electron chi connectivity index (χ3n) is 2.60. The number of carbonyl (C=O) groups excluding carboxylic acids is 1. The van der Waals surface area contributed by atoms with Crippen molar-refractivity contribution in [1.82, 2.24) is 9.78 Å².